The Morgan fingerprint density at radius 2 is 0.886 bits per heavy atom. The van der Waals surface area contributed by atoms with Crippen LogP contribution in [0.25, 0.3) is 0 Å². The smallest absolute Gasteiger partial charge is 0.338 e. The minimum Gasteiger partial charge on any atom is -0.458 e. The fourth-order valence-corrected chi connectivity index (χ4v) is 19.8. The van der Waals surface area contributed by atoms with Crippen molar-refractivity contribution in [2.75, 3.05) is 49.3 Å². The first-order chi connectivity index (χ1) is 50.1. The van der Waals surface area contributed by atoms with Crippen LogP contribution in [0.1, 0.15) is 156 Å². The lowest BCUT2D eigenvalue weighted by atomic mass is 9.43. The highest BCUT2D eigenvalue weighted by Crippen LogP contribution is 2.70. The highest BCUT2D eigenvalue weighted by Gasteiger charge is 2.77. The highest BCUT2D eigenvalue weighted by molar-refractivity contribution is 5.89. The quantitative estimate of drug-likeness (QED) is 0.0607. The van der Waals surface area contributed by atoms with Gasteiger partial charge in [0.15, 0.2) is 44.0 Å². The fourth-order valence-electron chi connectivity index (χ4n) is 19.8. The van der Waals surface area contributed by atoms with Crippen LogP contribution in [0.15, 0.2) is 42.0 Å². The molecule has 0 aromatic heterocycles. The van der Waals surface area contributed by atoms with Crippen molar-refractivity contribution in [3.63, 3.8) is 0 Å². The van der Waals surface area contributed by atoms with Crippen LogP contribution in [-0.4, -0.2) is 293 Å². The second-order valence-corrected chi connectivity index (χ2v) is 31.7. The van der Waals surface area contributed by atoms with Gasteiger partial charge in [-0.05, 0) is 111 Å². The Kier molecular flexibility index (Phi) is 26.2. The highest BCUT2D eigenvalue weighted by atomic mass is 16.8. The molecule has 0 spiro atoms. The first-order valence-corrected chi connectivity index (χ1v) is 38.0. The maximum atomic E-state index is 13.8. The van der Waals surface area contributed by atoms with Crippen molar-refractivity contribution in [2.24, 2.45) is 22.7 Å². The molecule has 7 aliphatic heterocycles. The minimum atomic E-state index is -1.70. The molecule has 0 bridgehead atoms. The summed E-state index contributed by atoms with van der Waals surface area (Å²) in [5.41, 5.74) is -3.55. The second kappa shape index (κ2) is 33.8. The summed E-state index contributed by atoms with van der Waals surface area (Å²) in [5.74, 6) is -1.69. The van der Waals surface area contributed by atoms with Gasteiger partial charge in [0.25, 0.3) is 0 Å². The Hall–Kier alpha value is -2.94. The number of fused-ring (bicyclic) bond motifs is 5. The molecule has 11 aliphatic rings. The van der Waals surface area contributed by atoms with Gasteiger partial charge in [-0.1, -0.05) is 43.7 Å². The summed E-state index contributed by atoms with van der Waals surface area (Å²) < 4.78 is 134. The number of ether oxygens (including phenoxy) is 21. The SMILES string of the molecule is CO[C@H]1C[C@H](O[C@@H]2[C@@H](C)O[C@@H](O[C@@H]3[C@@H](C)O[C@@H](O[C@@H]4[C@@H](C)O[C@@H](O[C@H]5CC[C@@]6(C)C(=CC[C@]7(O)[C@@H]6C[C@@H](OC(=O)c6ccccc6)[C@]6(C)[C@@H](C(C)=O)CC[C@@]67O)C5)C[C@H]4OC)C[C@H]3OC)C[C@H]2OC)O[C@H](C)[C@H]1O[C@H]1C[C@H](OC)[C@H](O[C@H]2C[C@@H](OC)[C@@H](O[C@@H]3O[C@H](CO)[C@@H](O)[C@H](O)[C@H]3O)[C@@H](C)O2)[C@@H](C)O1. The predicted molar refractivity (Wildman–Crippen MR) is 366 cm³/mol. The summed E-state index contributed by atoms with van der Waals surface area (Å²) in [6.07, 6.45) is -15.3. The molecule has 0 unspecified atom stereocenters. The summed E-state index contributed by atoms with van der Waals surface area (Å²) in [7, 11) is 9.65. The van der Waals surface area contributed by atoms with E-state index in [1.54, 1.807) is 66.7 Å². The van der Waals surface area contributed by atoms with Crippen LogP contribution >= 0.6 is 0 Å². The third-order valence-corrected chi connectivity index (χ3v) is 25.7. The number of esters is 1. The molecular formula is C76H118O29. The molecule has 29 nitrogen and oxygen atoms in total. The van der Waals surface area contributed by atoms with Gasteiger partial charge in [0.05, 0.1) is 91.5 Å². The van der Waals surface area contributed by atoms with E-state index in [-0.39, 0.29) is 37.6 Å². The molecule has 12 rings (SSSR count). The average molecular weight is 1500 g/mol. The number of Topliss-reactive ketones (excluding diaryl/α,β-unsaturated/α-hetero) is 1. The third kappa shape index (κ3) is 16.0. The Morgan fingerprint density at radius 3 is 1.27 bits per heavy atom. The number of carbonyl (C=O) groups excluding carboxylic acids is 2. The number of rotatable bonds is 24. The predicted octanol–water partition coefficient (Wildman–Crippen LogP) is 4.62. The lowest BCUT2D eigenvalue weighted by Crippen LogP contribution is -2.75. The molecule has 4 aliphatic carbocycles. The number of ketones is 1. The van der Waals surface area contributed by atoms with Crippen molar-refractivity contribution in [1.82, 2.24) is 0 Å². The lowest BCUT2D eigenvalue weighted by Gasteiger charge is -2.66. The number of hydrogen-bond donors (Lipinski definition) is 6. The molecule has 1 aromatic carbocycles. The Morgan fingerprint density at radius 1 is 0.495 bits per heavy atom. The van der Waals surface area contributed by atoms with Crippen molar-refractivity contribution in [3.8, 4) is 0 Å². The zero-order valence-electron chi connectivity index (χ0n) is 63.5. The monoisotopic (exact) mass is 1490 g/mol. The van der Waals surface area contributed by atoms with Gasteiger partial charge in [0.2, 0.25) is 0 Å². The molecule has 6 N–H and O–H groups in total. The summed E-state index contributed by atoms with van der Waals surface area (Å²) in [6, 6.07) is 8.76. The van der Waals surface area contributed by atoms with E-state index in [4.69, 9.17) is 99.5 Å². The Balaban J connectivity index is 0.596. The lowest BCUT2D eigenvalue weighted by molar-refractivity contribution is -0.360. The van der Waals surface area contributed by atoms with Crippen molar-refractivity contribution < 1.29 is 140 Å². The third-order valence-electron chi connectivity index (χ3n) is 25.7. The molecule has 0 amide bonds. The molecule has 1 aromatic rings. The molecule has 0 radical (unpaired) electrons. The zero-order chi connectivity index (χ0) is 75.4. The Labute approximate surface area is 616 Å². The molecule has 7 saturated heterocycles. The first kappa shape index (κ1) is 81.5. The topological polar surface area (TPSA) is 349 Å². The maximum Gasteiger partial charge on any atom is 0.338 e. The summed E-state index contributed by atoms with van der Waals surface area (Å²) in [4.78, 5) is 27.2. The van der Waals surface area contributed by atoms with E-state index in [1.165, 1.54) is 14.0 Å². The number of hydrogen-bond acceptors (Lipinski definition) is 29. The molecule has 29 heteroatoms. The van der Waals surface area contributed by atoms with Gasteiger partial charge < -0.3 is 130 Å². The molecule has 105 heavy (non-hydrogen) atoms. The number of aliphatic hydroxyl groups is 6. The van der Waals surface area contributed by atoms with E-state index >= 15 is 0 Å². The largest absolute Gasteiger partial charge is 0.458 e. The zero-order valence-corrected chi connectivity index (χ0v) is 63.5. The van der Waals surface area contributed by atoms with Gasteiger partial charge in [0, 0.05) is 98.4 Å². The molecule has 37 atom stereocenters. The van der Waals surface area contributed by atoms with Gasteiger partial charge in [-0.25, -0.2) is 4.79 Å². The normalized spacial score (nSPS) is 49.5. The van der Waals surface area contributed by atoms with Crippen LogP contribution in [0.5, 0.6) is 0 Å². The van der Waals surface area contributed by atoms with Crippen LogP contribution in [0.2, 0.25) is 0 Å². The van der Waals surface area contributed by atoms with Gasteiger partial charge >= 0.3 is 5.97 Å². The van der Waals surface area contributed by atoms with Gasteiger partial charge in [0.1, 0.15) is 84.1 Å². The number of carbonyl (C=O) groups is 2. The van der Waals surface area contributed by atoms with Gasteiger partial charge in [-0.15, -0.1) is 0 Å². The molecule has 596 valence electrons. The number of aliphatic hydroxyl groups excluding tert-OH is 4. The van der Waals surface area contributed by atoms with Gasteiger partial charge in [-0.2, -0.15) is 0 Å². The summed E-state index contributed by atoms with van der Waals surface area (Å²) in [5, 5.41) is 67.1. The molecule has 7 heterocycles. The van der Waals surface area contributed by atoms with E-state index in [0.29, 0.717) is 63.4 Å². The summed E-state index contributed by atoms with van der Waals surface area (Å²) >= 11 is 0. The fraction of sp³-hybridized carbons (Fsp3) is 0.868. The maximum absolute atomic E-state index is 13.8. The van der Waals surface area contributed by atoms with Gasteiger partial charge in [-0.3, -0.25) is 4.79 Å². The van der Waals surface area contributed by atoms with Crippen LogP contribution in [0, 0.1) is 22.7 Å². The minimum absolute atomic E-state index is 0.0949. The standard InChI is InChI=1S/C76H118O29/c1-36(78)46-23-26-76(84)74(46,9)55(99-71(82)43-19-17-16-18-20-43)34-54-73(8)24-22-45(27-44(73)21-25-75(54,76)83)97-56-28-47(85-10)65(37(2)91-56)100-57-29-48(86-11)66(38(3)92-57)101-58-30-49(87-12)67(39(4)93-58)102-59-31-50(88-13)68(40(5)94-59)103-60-32-51(89-14)69(41(6)95-60)104-61-33-52(90-15)70(42(7)96-61)105-72-64(81)63(80)62(79)53(35-77)98-72/h16-21,37-42,45-70,72,77,79-81,83-84H,22-35H2,1-15H3/t37-,38-,39-,40-,41-,42-,45+,46-,47-,48-,49-,50+,51+,52-,53-,54-,55-,56+,57+,58+,59+,60+,61+,62-,63+,64-,65-,66-,67-,68-,69-,70+,72+,73+,74+,75+,76-/m1/s1. The van der Waals surface area contributed by atoms with Crippen molar-refractivity contribution in [3.05, 3.63) is 47.5 Å². The van der Waals surface area contributed by atoms with Crippen molar-refractivity contribution in [2.45, 2.75) is 348 Å². The van der Waals surface area contributed by atoms with Crippen LogP contribution in [0.3, 0.4) is 0 Å². The second-order valence-electron chi connectivity index (χ2n) is 31.7. The molecule has 3 saturated carbocycles. The van der Waals surface area contributed by atoms with Crippen LogP contribution in [-0.2, 0) is 104 Å². The van der Waals surface area contributed by atoms with E-state index in [9.17, 15) is 40.2 Å². The molecule has 10 fully saturated rings. The van der Waals surface area contributed by atoms with Crippen LogP contribution in [0.4, 0.5) is 0 Å². The van der Waals surface area contributed by atoms with Crippen molar-refractivity contribution >= 4 is 11.8 Å². The van der Waals surface area contributed by atoms with E-state index in [2.05, 4.69) is 13.0 Å². The van der Waals surface area contributed by atoms with E-state index in [0.717, 1.165) is 5.57 Å². The summed E-state index contributed by atoms with van der Waals surface area (Å²) in [6.45, 7) is 16.2. The molecular weight excluding hydrogens is 1380 g/mol. The van der Waals surface area contributed by atoms with Crippen molar-refractivity contribution in [1.29, 1.82) is 0 Å². The van der Waals surface area contributed by atoms with Crippen LogP contribution < -0.4 is 0 Å². The number of methoxy groups -OCH3 is 6. The Bertz CT molecular complexity index is 3040. The van der Waals surface area contributed by atoms with E-state index in [1.807, 2.05) is 47.6 Å². The van der Waals surface area contributed by atoms with E-state index < -0.39 is 231 Å². The average Bonchev–Trinajstić information content (AvgIpc) is 1.60. The number of benzene rings is 1. The first-order valence-electron chi connectivity index (χ1n) is 38.0.